The summed E-state index contributed by atoms with van der Waals surface area (Å²) in [6.45, 7) is 1.40. The number of hydrogen-bond donors (Lipinski definition) is 0. The van der Waals surface area contributed by atoms with Crippen LogP contribution in [0.2, 0.25) is 0 Å². The summed E-state index contributed by atoms with van der Waals surface area (Å²) in [5.74, 6) is -0.202. The van der Waals surface area contributed by atoms with E-state index in [9.17, 15) is 13.2 Å². The molecule has 0 saturated heterocycles. The molecule has 0 N–H and O–H groups in total. The van der Waals surface area contributed by atoms with Gasteiger partial charge in [0, 0.05) is 17.6 Å². The molecular weight excluding hydrogens is 359 g/mol. The molecule has 0 aromatic heterocycles. The summed E-state index contributed by atoms with van der Waals surface area (Å²) >= 11 is 3.39. The number of halogens is 4. The van der Waals surface area contributed by atoms with Crippen LogP contribution in [0.15, 0.2) is 53.0 Å². The molecule has 0 unspecified atom stereocenters. The minimum Gasteiger partial charge on any atom is -0.406 e. The zero-order chi connectivity index (χ0) is 16.2. The van der Waals surface area contributed by atoms with E-state index in [1.165, 1.54) is 17.7 Å². The fraction of sp³-hybridized carbons (Fsp3) is 0.250. The molecule has 0 amide bonds. The minimum absolute atomic E-state index is 0.202. The van der Waals surface area contributed by atoms with E-state index in [4.69, 9.17) is 0 Å². The number of rotatable bonds is 5. The third kappa shape index (κ3) is 5.69. The van der Waals surface area contributed by atoms with E-state index in [1.807, 2.05) is 31.3 Å². The van der Waals surface area contributed by atoms with Gasteiger partial charge in [0.1, 0.15) is 5.75 Å². The van der Waals surface area contributed by atoms with Gasteiger partial charge in [0.2, 0.25) is 0 Å². The summed E-state index contributed by atoms with van der Waals surface area (Å²) in [6.07, 6.45) is -4.65. The first-order valence-corrected chi connectivity index (χ1v) is 7.39. The Morgan fingerprint density at radius 1 is 0.909 bits per heavy atom. The summed E-state index contributed by atoms with van der Waals surface area (Å²) < 4.78 is 41.1. The van der Waals surface area contributed by atoms with Crippen LogP contribution >= 0.6 is 15.9 Å². The second-order valence-corrected chi connectivity index (χ2v) is 5.91. The normalized spacial score (nSPS) is 11.7. The van der Waals surface area contributed by atoms with Gasteiger partial charge in [0.15, 0.2) is 0 Å². The molecule has 0 spiro atoms. The van der Waals surface area contributed by atoms with E-state index in [0.29, 0.717) is 6.54 Å². The Bertz CT molecular complexity index is 596. The molecule has 0 heterocycles. The Balaban J connectivity index is 1.91. The van der Waals surface area contributed by atoms with Crippen molar-refractivity contribution in [2.75, 3.05) is 7.05 Å². The van der Waals surface area contributed by atoms with Crippen molar-refractivity contribution in [1.82, 2.24) is 4.90 Å². The molecule has 0 fully saturated rings. The molecule has 0 bridgehead atoms. The highest BCUT2D eigenvalue weighted by molar-refractivity contribution is 9.10. The van der Waals surface area contributed by atoms with Crippen LogP contribution in [0.4, 0.5) is 13.2 Å². The van der Waals surface area contributed by atoms with Crippen molar-refractivity contribution >= 4 is 15.9 Å². The number of hydrogen-bond acceptors (Lipinski definition) is 2. The van der Waals surface area contributed by atoms with E-state index in [1.54, 1.807) is 12.1 Å². The maximum Gasteiger partial charge on any atom is 0.573 e. The van der Waals surface area contributed by atoms with Gasteiger partial charge in [-0.05, 0) is 42.4 Å². The minimum atomic E-state index is -4.65. The molecule has 0 aliphatic rings. The van der Waals surface area contributed by atoms with Crippen LogP contribution in [-0.2, 0) is 13.1 Å². The van der Waals surface area contributed by atoms with E-state index < -0.39 is 6.36 Å². The van der Waals surface area contributed by atoms with Gasteiger partial charge < -0.3 is 4.74 Å². The van der Waals surface area contributed by atoms with Crippen molar-refractivity contribution in [1.29, 1.82) is 0 Å². The van der Waals surface area contributed by atoms with Crippen molar-refractivity contribution in [3.05, 3.63) is 64.1 Å². The molecule has 2 aromatic rings. The molecule has 0 radical (unpaired) electrons. The lowest BCUT2D eigenvalue weighted by molar-refractivity contribution is -0.274. The first-order valence-electron chi connectivity index (χ1n) is 6.59. The summed E-state index contributed by atoms with van der Waals surface area (Å²) in [5, 5.41) is 0. The lowest BCUT2D eigenvalue weighted by Gasteiger charge is -2.17. The highest BCUT2D eigenvalue weighted by Crippen LogP contribution is 2.23. The summed E-state index contributed by atoms with van der Waals surface area (Å²) in [4.78, 5) is 2.09. The van der Waals surface area contributed by atoms with Crippen molar-refractivity contribution in [3.8, 4) is 5.75 Å². The van der Waals surface area contributed by atoms with Crippen LogP contribution < -0.4 is 4.74 Å². The predicted molar refractivity (Wildman–Crippen MR) is 82.4 cm³/mol. The van der Waals surface area contributed by atoms with Gasteiger partial charge in [0.25, 0.3) is 0 Å². The Morgan fingerprint density at radius 3 is 1.82 bits per heavy atom. The third-order valence-corrected chi connectivity index (χ3v) is 3.50. The molecule has 0 saturated carbocycles. The quantitative estimate of drug-likeness (QED) is 0.732. The first-order chi connectivity index (χ1) is 10.3. The zero-order valence-corrected chi connectivity index (χ0v) is 13.5. The van der Waals surface area contributed by atoms with Gasteiger partial charge in [-0.3, -0.25) is 4.90 Å². The number of alkyl halides is 3. The van der Waals surface area contributed by atoms with Gasteiger partial charge >= 0.3 is 6.36 Å². The lowest BCUT2D eigenvalue weighted by atomic mass is 10.2. The molecule has 22 heavy (non-hydrogen) atoms. The second kappa shape index (κ2) is 7.15. The van der Waals surface area contributed by atoms with Gasteiger partial charge in [0.05, 0.1) is 0 Å². The second-order valence-electron chi connectivity index (χ2n) is 4.99. The largest absolute Gasteiger partial charge is 0.573 e. The Labute approximate surface area is 135 Å². The van der Waals surface area contributed by atoms with Crippen LogP contribution in [0, 0.1) is 0 Å². The molecule has 2 aromatic carbocycles. The standard InChI is InChI=1S/C16H15BrF3NO/c1-21(10-12-2-6-14(17)7-3-12)11-13-4-8-15(9-5-13)22-16(18,19)20/h2-9H,10-11H2,1H3. The average molecular weight is 374 g/mol. The van der Waals surface area contributed by atoms with Crippen molar-refractivity contribution < 1.29 is 17.9 Å². The van der Waals surface area contributed by atoms with Crippen LogP contribution in [0.1, 0.15) is 11.1 Å². The van der Waals surface area contributed by atoms with Crippen molar-refractivity contribution in [2.45, 2.75) is 19.5 Å². The van der Waals surface area contributed by atoms with Crippen LogP contribution in [-0.4, -0.2) is 18.3 Å². The lowest BCUT2D eigenvalue weighted by Crippen LogP contribution is -2.18. The number of benzene rings is 2. The summed E-state index contributed by atoms with van der Waals surface area (Å²) in [5.41, 5.74) is 2.09. The molecule has 2 rings (SSSR count). The number of nitrogens with zero attached hydrogens (tertiary/aromatic N) is 1. The smallest absolute Gasteiger partial charge is 0.406 e. The third-order valence-electron chi connectivity index (χ3n) is 2.98. The summed E-state index contributed by atoms with van der Waals surface area (Å²) in [7, 11) is 1.96. The van der Waals surface area contributed by atoms with Gasteiger partial charge in [-0.2, -0.15) is 0 Å². The average Bonchev–Trinajstić information content (AvgIpc) is 2.42. The Kier molecular flexibility index (Phi) is 5.47. The van der Waals surface area contributed by atoms with E-state index >= 15 is 0 Å². The highest BCUT2D eigenvalue weighted by atomic mass is 79.9. The zero-order valence-electron chi connectivity index (χ0n) is 11.9. The Hall–Kier alpha value is -1.53. The SMILES string of the molecule is CN(Cc1ccc(Br)cc1)Cc1ccc(OC(F)(F)F)cc1. The molecule has 0 aliphatic carbocycles. The highest BCUT2D eigenvalue weighted by Gasteiger charge is 2.30. The molecule has 0 atom stereocenters. The van der Waals surface area contributed by atoms with Crippen molar-refractivity contribution in [2.24, 2.45) is 0 Å². The topological polar surface area (TPSA) is 12.5 Å². The van der Waals surface area contributed by atoms with E-state index in [-0.39, 0.29) is 5.75 Å². The van der Waals surface area contributed by atoms with Gasteiger partial charge in [-0.15, -0.1) is 13.2 Å². The first kappa shape index (κ1) is 16.8. The fourth-order valence-electron chi connectivity index (χ4n) is 2.07. The van der Waals surface area contributed by atoms with Gasteiger partial charge in [-0.1, -0.05) is 40.2 Å². The van der Waals surface area contributed by atoms with Crippen LogP contribution in [0.25, 0.3) is 0 Å². The Morgan fingerprint density at radius 2 is 1.36 bits per heavy atom. The van der Waals surface area contributed by atoms with Crippen LogP contribution in [0.5, 0.6) is 5.75 Å². The molecular formula is C16H15BrF3NO. The summed E-state index contributed by atoms with van der Waals surface area (Å²) in [6, 6.07) is 13.9. The maximum absolute atomic E-state index is 12.1. The fourth-order valence-corrected chi connectivity index (χ4v) is 2.33. The molecule has 118 valence electrons. The predicted octanol–water partition coefficient (Wildman–Crippen LogP) is 4.98. The molecule has 2 nitrogen and oxygen atoms in total. The maximum atomic E-state index is 12.1. The molecule has 6 heteroatoms. The monoisotopic (exact) mass is 373 g/mol. The van der Waals surface area contributed by atoms with E-state index in [0.717, 1.165) is 16.6 Å². The van der Waals surface area contributed by atoms with Crippen molar-refractivity contribution in [3.63, 3.8) is 0 Å². The van der Waals surface area contributed by atoms with E-state index in [2.05, 4.69) is 25.6 Å². The van der Waals surface area contributed by atoms with Crippen LogP contribution in [0.3, 0.4) is 0 Å². The van der Waals surface area contributed by atoms with Gasteiger partial charge in [-0.25, -0.2) is 0 Å². The number of ether oxygens (including phenoxy) is 1. The molecule has 0 aliphatic heterocycles.